The van der Waals surface area contributed by atoms with E-state index in [2.05, 4.69) is 34.6 Å². The summed E-state index contributed by atoms with van der Waals surface area (Å²) in [6.45, 7) is 16.9. The summed E-state index contributed by atoms with van der Waals surface area (Å²) in [5, 5.41) is 0. The zero-order valence-electron chi connectivity index (χ0n) is 18.5. The van der Waals surface area contributed by atoms with Crippen LogP contribution in [-0.2, 0) is 0 Å². The van der Waals surface area contributed by atoms with Crippen LogP contribution < -0.4 is 0 Å². The number of hydrogen-bond acceptors (Lipinski definition) is 0. The first-order valence-corrected chi connectivity index (χ1v) is 11.9. The van der Waals surface area contributed by atoms with Crippen molar-refractivity contribution in [2.75, 3.05) is 0 Å². The van der Waals surface area contributed by atoms with Gasteiger partial charge in [-0.1, -0.05) is 80.6 Å². The maximum atomic E-state index is 2.71. The predicted molar refractivity (Wildman–Crippen MR) is 111 cm³/mol. The van der Waals surface area contributed by atoms with E-state index in [9.17, 15) is 0 Å². The molecule has 0 amide bonds. The van der Waals surface area contributed by atoms with Crippen LogP contribution in [0.3, 0.4) is 0 Å². The molecule has 0 saturated heterocycles. The fraction of sp³-hybridized carbons (Fsp3) is 1.00. The maximum Gasteiger partial charge on any atom is -0.0238 e. The lowest BCUT2D eigenvalue weighted by atomic mass is 9.26. The number of fused-ring (bicyclic) bond motifs is 5. The topological polar surface area (TPSA) is 0 Å². The van der Waals surface area contributed by atoms with Gasteiger partial charge < -0.3 is 0 Å². The third-order valence-corrected chi connectivity index (χ3v) is 10.3. The van der Waals surface area contributed by atoms with Gasteiger partial charge in [-0.15, -0.1) is 0 Å². The quantitative estimate of drug-likeness (QED) is 0.482. The molecule has 4 saturated carbocycles. The first-order chi connectivity index (χ1) is 11.9. The molecule has 0 heterocycles. The van der Waals surface area contributed by atoms with Gasteiger partial charge in [-0.3, -0.25) is 0 Å². The summed E-state index contributed by atoms with van der Waals surface area (Å²) < 4.78 is 0. The van der Waals surface area contributed by atoms with E-state index in [0.29, 0.717) is 16.2 Å². The highest BCUT2D eigenvalue weighted by molar-refractivity contribution is 5.21. The molecule has 4 rings (SSSR count). The Morgan fingerprint density at radius 2 is 1.44 bits per heavy atom. The zero-order valence-corrected chi connectivity index (χ0v) is 18.5. The van der Waals surface area contributed by atoms with Crippen molar-refractivity contribution >= 4 is 0 Å². The van der Waals surface area contributed by atoms with E-state index >= 15 is 0 Å². The smallest absolute Gasteiger partial charge is 0.0238 e. The van der Waals surface area contributed by atoms with Crippen LogP contribution in [0.4, 0.5) is 0 Å². The predicted octanol–water partition coefficient (Wildman–Crippen LogP) is 8.11. The van der Waals surface area contributed by atoms with Crippen molar-refractivity contribution in [1.82, 2.24) is 0 Å². The molecular formula is C25H46. The zero-order chi connectivity index (χ0) is 18.5. The Kier molecular flexibility index (Phi) is 5.43. The van der Waals surface area contributed by atoms with E-state index in [1.807, 2.05) is 13.8 Å². The Balaban J connectivity index is 0.000000880. The summed E-state index contributed by atoms with van der Waals surface area (Å²) in [5.41, 5.74) is 2.10. The Hall–Kier alpha value is 0. The van der Waals surface area contributed by atoms with Gasteiger partial charge in [0.05, 0.1) is 0 Å². The first-order valence-electron chi connectivity index (χ1n) is 11.9. The molecule has 0 nitrogen and oxygen atoms in total. The Morgan fingerprint density at radius 1 is 0.840 bits per heavy atom. The van der Waals surface area contributed by atoms with Crippen LogP contribution in [0.25, 0.3) is 0 Å². The molecule has 0 aromatic rings. The van der Waals surface area contributed by atoms with Gasteiger partial charge in [-0.25, -0.2) is 0 Å². The maximum absolute atomic E-state index is 2.71. The van der Waals surface area contributed by atoms with E-state index in [-0.39, 0.29) is 0 Å². The molecule has 0 aromatic heterocycles. The highest BCUT2D eigenvalue weighted by atomic mass is 14.8. The Labute approximate surface area is 158 Å². The molecular weight excluding hydrogens is 300 g/mol. The summed E-state index contributed by atoms with van der Waals surface area (Å²) in [6, 6.07) is 0. The van der Waals surface area contributed by atoms with Crippen molar-refractivity contribution in [3.8, 4) is 0 Å². The number of rotatable bonds is 4. The van der Waals surface area contributed by atoms with Crippen LogP contribution >= 0.6 is 0 Å². The average Bonchev–Trinajstić information content (AvgIpc) is 2.62. The molecule has 0 heteroatoms. The van der Waals surface area contributed by atoms with Gasteiger partial charge in [0.15, 0.2) is 0 Å². The minimum atomic E-state index is 0.691. The summed E-state index contributed by atoms with van der Waals surface area (Å²) in [5.74, 6) is 5.32. The van der Waals surface area contributed by atoms with Crippen LogP contribution in [0.1, 0.15) is 113 Å². The van der Waals surface area contributed by atoms with Gasteiger partial charge in [0.2, 0.25) is 0 Å². The van der Waals surface area contributed by atoms with Crippen LogP contribution in [-0.4, -0.2) is 0 Å². The third-order valence-electron chi connectivity index (χ3n) is 10.3. The average molecular weight is 347 g/mol. The fourth-order valence-corrected chi connectivity index (χ4v) is 8.80. The van der Waals surface area contributed by atoms with Gasteiger partial charge in [0, 0.05) is 0 Å². The van der Waals surface area contributed by atoms with Crippen LogP contribution in [0.5, 0.6) is 0 Å². The van der Waals surface area contributed by atoms with E-state index in [1.54, 1.807) is 12.8 Å². The molecule has 25 heavy (non-hydrogen) atoms. The molecule has 8 atom stereocenters. The van der Waals surface area contributed by atoms with E-state index < -0.39 is 0 Å². The number of hydrogen-bond donors (Lipinski definition) is 0. The second-order valence-corrected chi connectivity index (χ2v) is 10.6. The van der Waals surface area contributed by atoms with Crippen molar-refractivity contribution in [1.29, 1.82) is 0 Å². The van der Waals surface area contributed by atoms with Gasteiger partial charge in [0.1, 0.15) is 0 Å². The Morgan fingerprint density at radius 3 is 2.00 bits per heavy atom. The molecule has 8 unspecified atom stereocenters. The molecule has 0 N–H and O–H groups in total. The number of unbranched alkanes of at least 4 members (excludes halogenated alkanes) is 1. The van der Waals surface area contributed by atoms with E-state index in [4.69, 9.17) is 0 Å². The fourth-order valence-electron chi connectivity index (χ4n) is 8.80. The molecule has 0 radical (unpaired) electrons. The monoisotopic (exact) mass is 346 g/mol. The molecule has 0 bridgehead atoms. The van der Waals surface area contributed by atoms with Crippen molar-refractivity contribution < 1.29 is 0 Å². The second kappa shape index (κ2) is 6.87. The van der Waals surface area contributed by atoms with E-state index in [0.717, 1.165) is 29.6 Å². The minimum absolute atomic E-state index is 0.691. The minimum Gasteiger partial charge on any atom is -0.0683 e. The standard InChI is InChI=1S/C23H40.C2H6/c1-6-8-11-17-16(7-2)18-14-19-20(15-21(17,18)3)23(5)13-10-9-12-22(19,23)4;1-2/h16-20H,6-15H2,1-5H3;1-2H3. The summed E-state index contributed by atoms with van der Waals surface area (Å²) in [6.07, 6.45) is 15.1. The molecule has 4 aliphatic rings. The van der Waals surface area contributed by atoms with Gasteiger partial charge >= 0.3 is 0 Å². The van der Waals surface area contributed by atoms with Crippen molar-refractivity contribution in [3.05, 3.63) is 0 Å². The lowest BCUT2D eigenvalue weighted by molar-refractivity contribution is -0.297. The van der Waals surface area contributed by atoms with Crippen LogP contribution in [0, 0.1) is 45.8 Å². The van der Waals surface area contributed by atoms with Crippen molar-refractivity contribution in [2.45, 2.75) is 113 Å². The third kappa shape index (κ3) is 2.44. The largest absolute Gasteiger partial charge is 0.0683 e. The Bertz CT molecular complexity index is 467. The highest BCUT2D eigenvalue weighted by Crippen LogP contribution is 2.80. The first kappa shape index (κ1) is 19.8. The second-order valence-electron chi connectivity index (χ2n) is 10.6. The summed E-state index contributed by atoms with van der Waals surface area (Å²) in [7, 11) is 0. The van der Waals surface area contributed by atoms with Gasteiger partial charge in [-0.2, -0.15) is 0 Å². The molecule has 0 spiro atoms. The van der Waals surface area contributed by atoms with Crippen LogP contribution in [0.15, 0.2) is 0 Å². The molecule has 146 valence electrons. The molecule has 4 aliphatic carbocycles. The van der Waals surface area contributed by atoms with Crippen LogP contribution in [0.2, 0.25) is 0 Å². The summed E-state index contributed by atoms with van der Waals surface area (Å²) >= 11 is 0. The lowest BCUT2D eigenvalue weighted by Gasteiger charge is -2.78. The van der Waals surface area contributed by atoms with Gasteiger partial charge in [0.25, 0.3) is 0 Å². The van der Waals surface area contributed by atoms with E-state index in [1.165, 1.54) is 51.4 Å². The molecule has 4 fully saturated rings. The normalized spacial score (nSPS) is 53.2. The summed E-state index contributed by atoms with van der Waals surface area (Å²) in [4.78, 5) is 0. The van der Waals surface area contributed by atoms with Crippen molar-refractivity contribution in [2.24, 2.45) is 45.8 Å². The molecule has 0 aromatic carbocycles. The molecule has 0 aliphatic heterocycles. The SMILES string of the molecule is CC.CCCCC1C(CC)C2CC3C(CC12C)C1(C)CCCCC31C. The van der Waals surface area contributed by atoms with Gasteiger partial charge in [-0.05, 0) is 77.9 Å². The highest BCUT2D eigenvalue weighted by Gasteiger charge is 2.73. The lowest BCUT2D eigenvalue weighted by Crippen LogP contribution is -2.71. The van der Waals surface area contributed by atoms with Crippen molar-refractivity contribution in [3.63, 3.8) is 0 Å².